The molecule has 166 valence electrons. The summed E-state index contributed by atoms with van der Waals surface area (Å²) in [5, 5.41) is 13.3. The molecule has 1 amide bonds. The first kappa shape index (κ1) is 21.8. The molecule has 0 atom stereocenters. The number of nitrogens with zero attached hydrogens (tertiary/aromatic N) is 1. The summed E-state index contributed by atoms with van der Waals surface area (Å²) in [7, 11) is 1.56. The average Bonchev–Trinajstić information content (AvgIpc) is 2.83. The first-order valence-corrected chi connectivity index (χ1v) is 10.4. The maximum atomic E-state index is 12.6. The molecule has 0 aliphatic carbocycles. The zero-order valence-corrected chi connectivity index (χ0v) is 18.3. The summed E-state index contributed by atoms with van der Waals surface area (Å²) >= 11 is 0. The molecule has 7 heteroatoms. The lowest BCUT2D eigenvalue weighted by Gasteiger charge is -2.07. The van der Waals surface area contributed by atoms with E-state index in [4.69, 9.17) is 4.74 Å². The van der Waals surface area contributed by atoms with Gasteiger partial charge in [0.25, 0.3) is 11.5 Å². The van der Waals surface area contributed by atoms with Crippen molar-refractivity contribution in [3.63, 3.8) is 0 Å². The first-order valence-electron chi connectivity index (χ1n) is 10.4. The third kappa shape index (κ3) is 5.10. The molecule has 4 rings (SSSR count). The second kappa shape index (κ2) is 9.40. The second-order valence-corrected chi connectivity index (χ2v) is 7.61. The van der Waals surface area contributed by atoms with Crippen molar-refractivity contribution in [1.82, 2.24) is 15.3 Å². The highest BCUT2D eigenvalue weighted by Gasteiger charge is 2.10. The fraction of sp³-hybridized carbons (Fsp3) is 0.115. The van der Waals surface area contributed by atoms with Gasteiger partial charge in [-0.05, 0) is 55.0 Å². The van der Waals surface area contributed by atoms with Crippen molar-refractivity contribution in [2.45, 2.75) is 13.5 Å². The van der Waals surface area contributed by atoms with Crippen LogP contribution in [0.15, 0.2) is 71.5 Å². The van der Waals surface area contributed by atoms with Gasteiger partial charge in [-0.25, -0.2) is 4.98 Å². The average molecular weight is 441 g/mol. The van der Waals surface area contributed by atoms with Crippen LogP contribution in [0.1, 0.15) is 32.7 Å². The molecule has 7 nitrogen and oxygen atoms in total. The van der Waals surface area contributed by atoms with E-state index in [-0.39, 0.29) is 17.4 Å². The Balaban J connectivity index is 1.54. The number of ether oxygens (including phenoxy) is 1. The van der Waals surface area contributed by atoms with E-state index in [1.54, 1.807) is 49.6 Å². The van der Waals surface area contributed by atoms with Crippen molar-refractivity contribution in [3.8, 4) is 5.75 Å². The van der Waals surface area contributed by atoms with Gasteiger partial charge in [0.15, 0.2) is 0 Å². The highest BCUT2D eigenvalue weighted by Crippen LogP contribution is 2.19. The van der Waals surface area contributed by atoms with Crippen LogP contribution in [-0.4, -0.2) is 28.1 Å². The predicted molar refractivity (Wildman–Crippen MR) is 128 cm³/mol. The predicted octanol–water partition coefficient (Wildman–Crippen LogP) is 4.23. The van der Waals surface area contributed by atoms with Gasteiger partial charge in [0.2, 0.25) is 0 Å². The number of nitrogens with one attached hydrogen (secondary N) is 2. The van der Waals surface area contributed by atoms with Crippen molar-refractivity contribution >= 4 is 28.8 Å². The third-order valence-electron chi connectivity index (χ3n) is 5.21. The molecule has 0 fully saturated rings. The molecule has 0 saturated heterocycles. The molecule has 0 radical (unpaired) electrons. The molecule has 3 N–H and O–H groups in total. The number of aliphatic hydroxyl groups excluding tert-OH is 1. The number of benzene rings is 3. The fourth-order valence-electron chi connectivity index (χ4n) is 3.30. The molecule has 33 heavy (non-hydrogen) atoms. The number of aryl methyl sites for hydroxylation is 1. The van der Waals surface area contributed by atoms with E-state index in [1.807, 2.05) is 31.2 Å². The van der Waals surface area contributed by atoms with Crippen LogP contribution in [0.5, 0.6) is 5.75 Å². The monoisotopic (exact) mass is 441 g/mol. The molecule has 3 aromatic carbocycles. The Labute approximate surface area is 190 Å². The molecule has 1 aromatic heterocycles. The maximum Gasteiger partial charge on any atom is 0.274 e. The molecular formula is C26H23N3O4. The lowest BCUT2D eigenvalue weighted by Crippen LogP contribution is -2.23. The topological polar surface area (TPSA) is 104 Å². The Kier molecular flexibility index (Phi) is 6.22. The van der Waals surface area contributed by atoms with Crippen molar-refractivity contribution in [2.75, 3.05) is 7.11 Å². The lowest BCUT2D eigenvalue weighted by atomic mass is 10.1. The van der Waals surface area contributed by atoms with Crippen LogP contribution in [0, 0.1) is 6.92 Å². The minimum atomic E-state index is -0.472. The van der Waals surface area contributed by atoms with Crippen LogP contribution >= 0.6 is 0 Å². The summed E-state index contributed by atoms with van der Waals surface area (Å²) in [5.74, 6) is 0.313. The van der Waals surface area contributed by atoms with Crippen molar-refractivity contribution < 1.29 is 14.6 Å². The summed E-state index contributed by atoms with van der Waals surface area (Å²) in [4.78, 5) is 32.2. The summed E-state index contributed by atoms with van der Waals surface area (Å²) in [5.41, 5.74) is 3.62. The SMILES string of the molecule is COc1ccc(/C(O)=C/c2nc3ccc(C(=O)NCc4ccc(C)cc4)cc3[nH]c2=O)cc1. The number of aromatic amines is 1. The number of rotatable bonds is 6. The Morgan fingerprint density at radius 1 is 1.06 bits per heavy atom. The van der Waals surface area contributed by atoms with E-state index in [9.17, 15) is 14.7 Å². The number of carbonyl (C=O) groups excluding carboxylic acids is 1. The molecule has 0 bridgehead atoms. The normalized spacial score (nSPS) is 11.4. The van der Waals surface area contributed by atoms with Crippen LogP contribution < -0.4 is 15.6 Å². The van der Waals surface area contributed by atoms with Crippen molar-refractivity contribution in [2.24, 2.45) is 0 Å². The maximum absolute atomic E-state index is 12.6. The van der Waals surface area contributed by atoms with Gasteiger partial charge >= 0.3 is 0 Å². The number of aromatic nitrogens is 2. The number of hydrogen-bond donors (Lipinski definition) is 3. The standard InChI is InChI=1S/C26H23N3O4/c1-16-3-5-17(6-4-16)15-27-25(31)19-9-12-21-22(13-19)29-26(32)23(28-21)14-24(30)18-7-10-20(33-2)11-8-18/h3-14,30H,15H2,1-2H3,(H,27,31)(H,29,32)/b24-14-. The fourth-order valence-corrected chi connectivity index (χ4v) is 3.30. The zero-order chi connectivity index (χ0) is 23.4. The van der Waals surface area contributed by atoms with E-state index in [1.165, 1.54) is 6.08 Å². The largest absolute Gasteiger partial charge is 0.507 e. The van der Waals surface area contributed by atoms with E-state index in [2.05, 4.69) is 15.3 Å². The zero-order valence-electron chi connectivity index (χ0n) is 18.3. The molecule has 0 aliphatic heterocycles. The van der Waals surface area contributed by atoms with Crippen LogP contribution in [0.25, 0.3) is 22.9 Å². The summed E-state index contributed by atoms with van der Waals surface area (Å²) in [6, 6.07) is 19.6. The number of amides is 1. The van der Waals surface area contributed by atoms with E-state index >= 15 is 0 Å². The van der Waals surface area contributed by atoms with Gasteiger partial charge in [0, 0.05) is 23.7 Å². The van der Waals surface area contributed by atoms with Gasteiger partial charge in [-0.3, -0.25) is 9.59 Å². The molecular weight excluding hydrogens is 418 g/mol. The number of H-pyrrole nitrogens is 1. The van der Waals surface area contributed by atoms with Crippen LogP contribution in [0.3, 0.4) is 0 Å². The second-order valence-electron chi connectivity index (χ2n) is 7.61. The van der Waals surface area contributed by atoms with Crippen LogP contribution in [0.4, 0.5) is 0 Å². The number of aliphatic hydroxyl groups is 1. The van der Waals surface area contributed by atoms with Crippen molar-refractivity contribution in [3.05, 3.63) is 105 Å². The van der Waals surface area contributed by atoms with Crippen LogP contribution in [0.2, 0.25) is 0 Å². The number of methoxy groups -OCH3 is 1. The number of carbonyl (C=O) groups is 1. The Bertz CT molecular complexity index is 1390. The Morgan fingerprint density at radius 2 is 1.76 bits per heavy atom. The quantitative estimate of drug-likeness (QED) is 0.389. The van der Waals surface area contributed by atoms with Crippen molar-refractivity contribution in [1.29, 1.82) is 0 Å². The Morgan fingerprint density at radius 3 is 2.45 bits per heavy atom. The third-order valence-corrected chi connectivity index (χ3v) is 5.21. The summed E-state index contributed by atoms with van der Waals surface area (Å²) in [6.07, 6.45) is 1.31. The molecule has 0 unspecified atom stereocenters. The van der Waals surface area contributed by atoms with Gasteiger partial charge in [-0.15, -0.1) is 0 Å². The lowest BCUT2D eigenvalue weighted by molar-refractivity contribution is 0.0951. The van der Waals surface area contributed by atoms with Gasteiger partial charge < -0.3 is 20.1 Å². The number of fused-ring (bicyclic) bond motifs is 1. The highest BCUT2D eigenvalue weighted by atomic mass is 16.5. The van der Waals surface area contributed by atoms with E-state index < -0.39 is 5.56 Å². The summed E-state index contributed by atoms with van der Waals surface area (Å²) < 4.78 is 5.11. The van der Waals surface area contributed by atoms with E-state index in [0.717, 1.165) is 11.1 Å². The molecule has 0 spiro atoms. The van der Waals surface area contributed by atoms with E-state index in [0.29, 0.717) is 34.5 Å². The van der Waals surface area contributed by atoms with Gasteiger partial charge in [0.1, 0.15) is 17.2 Å². The van der Waals surface area contributed by atoms with Crippen LogP contribution in [-0.2, 0) is 6.54 Å². The first-order chi connectivity index (χ1) is 15.9. The minimum Gasteiger partial charge on any atom is -0.507 e. The van der Waals surface area contributed by atoms with Gasteiger partial charge in [0.05, 0.1) is 18.1 Å². The Hall–Kier alpha value is -4.39. The minimum absolute atomic E-state index is 0.0624. The molecule has 1 heterocycles. The number of hydrogen-bond acceptors (Lipinski definition) is 5. The highest BCUT2D eigenvalue weighted by molar-refractivity contribution is 5.97. The molecule has 0 saturated carbocycles. The summed E-state index contributed by atoms with van der Waals surface area (Å²) in [6.45, 7) is 2.41. The van der Waals surface area contributed by atoms with Gasteiger partial charge in [-0.2, -0.15) is 0 Å². The molecule has 4 aromatic rings. The smallest absolute Gasteiger partial charge is 0.274 e. The molecule has 0 aliphatic rings. The van der Waals surface area contributed by atoms with Gasteiger partial charge in [-0.1, -0.05) is 29.8 Å².